The summed E-state index contributed by atoms with van der Waals surface area (Å²) in [7, 11) is 6.74. The second-order valence-electron chi connectivity index (χ2n) is 11.7. The smallest absolute Gasteiger partial charge is 0.405 e. The van der Waals surface area contributed by atoms with Crippen LogP contribution in [0.3, 0.4) is 0 Å². The summed E-state index contributed by atoms with van der Waals surface area (Å²) in [6.45, 7) is 8.09. The number of hydrogen-bond acceptors (Lipinski definition) is 10. The second-order valence-corrected chi connectivity index (χ2v) is 11.7. The molecule has 1 aliphatic carbocycles. The zero-order chi connectivity index (χ0) is 33.1. The number of nitrogens with zero attached hydrogens (tertiary/aromatic N) is 1. The van der Waals surface area contributed by atoms with Gasteiger partial charge >= 0.3 is 6.09 Å². The molecule has 2 bridgehead atoms. The van der Waals surface area contributed by atoms with Gasteiger partial charge in [-0.15, -0.1) is 0 Å². The number of methoxy groups -OCH3 is 2. The number of ether oxygens (including phenoxy) is 3. The summed E-state index contributed by atoms with van der Waals surface area (Å²) in [5, 5.41) is 17.0. The maximum Gasteiger partial charge on any atom is 0.405 e. The lowest BCUT2D eigenvalue weighted by Crippen LogP contribution is -2.38. The number of ketones is 2. The van der Waals surface area contributed by atoms with E-state index in [1.54, 1.807) is 32.1 Å². The Labute approximate surface area is 260 Å². The molecule has 0 spiro atoms. The number of rotatable bonds is 7. The van der Waals surface area contributed by atoms with Crippen molar-refractivity contribution in [3.05, 3.63) is 58.5 Å². The van der Waals surface area contributed by atoms with E-state index in [1.165, 1.54) is 20.3 Å². The van der Waals surface area contributed by atoms with E-state index in [-0.39, 0.29) is 34.9 Å². The molecule has 0 fully saturated rings. The lowest BCUT2D eigenvalue weighted by Gasteiger charge is -2.30. The molecule has 12 nitrogen and oxygen atoms in total. The molecular formula is C32H48N4O8. The minimum atomic E-state index is -0.997. The van der Waals surface area contributed by atoms with Crippen molar-refractivity contribution in [1.82, 2.24) is 15.5 Å². The van der Waals surface area contributed by atoms with Gasteiger partial charge in [0.15, 0.2) is 6.10 Å². The molecule has 44 heavy (non-hydrogen) atoms. The molecule has 0 saturated heterocycles. The van der Waals surface area contributed by atoms with Crippen molar-refractivity contribution >= 4 is 23.6 Å². The maximum atomic E-state index is 13.7. The molecule has 0 radical (unpaired) electrons. The van der Waals surface area contributed by atoms with Gasteiger partial charge in [-0.3, -0.25) is 14.4 Å². The summed E-state index contributed by atoms with van der Waals surface area (Å²) in [5.41, 5.74) is 6.55. The first kappa shape index (κ1) is 36.6. The monoisotopic (exact) mass is 616 g/mol. The summed E-state index contributed by atoms with van der Waals surface area (Å²) < 4.78 is 16.6. The molecule has 0 saturated carbocycles. The van der Waals surface area contributed by atoms with E-state index >= 15 is 0 Å². The number of amides is 2. The maximum absolute atomic E-state index is 13.7. The summed E-state index contributed by atoms with van der Waals surface area (Å²) in [6, 6.07) is 0. The Hall–Kier alpha value is -3.58. The number of Topliss-reactive ketones (excluding diaryl/α,β-unsaturated/α-hetero) is 1. The van der Waals surface area contributed by atoms with Crippen molar-refractivity contribution in [2.24, 2.45) is 17.6 Å². The van der Waals surface area contributed by atoms with Crippen LogP contribution < -0.4 is 16.4 Å². The van der Waals surface area contributed by atoms with Crippen molar-refractivity contribution in [1.29, 1.82) is 0 Å². The number of primary amides is 1. The molecule has 0 unspecified atom stereocenters. The van der Waals surface area contributed by atoms with Crippen LogP contribution in [0.25, 0.3) is 0 Å². The number of aliphatic hydroxyl groups is 1. The van der Waals surface area contributed by atoms with Crippen LogP contribution in [-0.2, 0) is 28.6 Å². The van der Waals surface area contributed by atoms with Gasteiger partial charge in [0, 0.05) is 50.4 Å². The molecule has 0 aromatic carbocycles. The van der Waals surface area contributed by atoms with Crippen LogP contribution in [0.4, 0.5) is 4.79 Å². The normalized spacial score (nSPS) is 31.0. The number of fused-ring (bicyclic) bond motifs is 2. The van der Waals surface area contributed by atoms with Crippen LogP contribution in [0.15, 0.2) is 58.5 Å². The number of nitrogens with two attached hydrogens (primary N) is 1. The first-order valence-corrected chi connectivity index (χ1v) is 14.7. The highest BCUT2D eigenvalue weighted by Gasteiger charge is 2.33. The molecule has 1 heterocycles. The number of aliphatic hydroxyl groups excluding tert-OH is 1. The quantitative estimate of drug-likeness (QED) is 0.245. The summed E-state index contributed by atoms with van der Waals surface area (Å²) in [6.07, 6.45) is 3.88. The van der Waals surface area contributed by atoms with Crippen molar-refractivity contribution in [3.8, 4) is 0 Å². The van der Waals surface area contributed by atoms with Gasteiger partial charge in [0.25, 0.3) is 5.91 Å². The van der Waals surface area contributed by atoms with Crippen LogP contribution in [0, 0.1) is 11.8 Å². The Morgan fingerprint density at radius 1 is 1.16 bits per heavy atom. The van der Waals surface area contributed by atoms with Gasteiger partial charge in [-0.2, -0.15) is 0 Å². The van der Waals surface area contributed by atoms with E-state index in [1.807, 2.05) is 32.8 Å². The number of carbonyl (C=O) groups excluding carboxylic acids is 4. The molecule has 0 aromatic rings. The second kappa shape index (κ2) is 17.0. The Morgan fingerprint density at radius 2 is 1.84 bits per heavy atom. The Kier molecular flexibility index (Phi) is 14.2. The average molecular weight is 617 g/mol. The molecule has 1 aliphatic heterocycles. The molecule has 6 atom stereocenters. The van der Waals surface area contributed by atoms with Crippen molar-refractivity contribution in [2.75, 3.05) is 41.4 Å². The summed E-state index contributed by atoms with van der Waals surface area (Å²) >= 11 is 0. The molecule has 244 valence electrons. The zero-order valence-electron chi connectivity index (χ0n) is 27.0. The molecule has 2 aliphatic rings. The number of carbonyl (C=O) groups is 4. The third-order valence-corrected chi connectivity index (χ3v) is 7.65. The highest BCUT2D eigenvalue weighted by molar-refractivity contribution is 6.23. The predicted octanol–water partition coefficient (Wildman–Crippen LogP) is 1.91. The van der Waals surface area contributed by atoms with Gasteiger partial charge in [-0.25, -0.2) is 4.79 Å². The van der Waals surface area contributed by atoms with Gasteiger partial charge in [-0.1, -0.05) is 38.2 Å². The number of likely N-dealkylation sites (N-methyl/N-ethyl adjacent to an activating group) is 1. The number of hydrogen-bond donors (Lipinski definition) is 4. The topological polar surface area (TPSA) is 170 Å². The molecule has 0 aromatic heterocycles. The average Bonchev–Trinajstić information content (AvgIpc) is 2.95. The third kappa shape index (κ3) is 10.3. The van der Waals surface area contributed by atoms with Crippen molar-refractivity contribution in [3.63, 3.8) is 0 Å². The zero-order valence-corrected chi connectivity index (χ0v) is 27.0. The van der Waals surface area contributed by atoms with Crippen LogP contribution in [0.1, 0.15) is 40.5 Å². The van der Waals surface area contributed by atoms with E-state index in [4.69, 9.17) is 19.9 Å². The van der Waals surface area contributed by atoms with E-state index in [2.05, 4.69) is 10.6 Å². The Balaban J connectivity index is 2.60. The lowest BCUT2D eigenvalue weighted by molar-refractivity contribution is -0.120. The first-order chi connectivity index (χ1) is 20.7. The fourth-order valence-electron chi connectivity index (χ4n) is 5.18. The third-order valence-electron chi connectivity index (χ3n) is 7.65. The summed E-state index contributed by atoms with van der Waals surface area (Å²) in [5.74, 6) is -2.06. The molecular weight excluding hydrogens is 568 g/mol. The van der Waals surface area contributed by atoms with Gasteiger partial charge in [0.05, 0.1) is 23.6 Å². The predicted molar refractivity (Wildman–Crippen MR) is 166 cm³/mol. The highest BCUT2D eigenvalue weighted by atomic mass is 16.6. The van der Waals surface area contributed by atoms with Gasteiger partial charge < -0.3 is 40.6 Å². The van der Waals surface area contributed by atoms with Crippen LogP contribution >= 0.6 is 0 Å². The van der Waals surface area contributed by atoms with E-state index in [9.17, 15) is 24.3 Å². The fourth-order valence-corrected chi connectivity index (χ4v) is 5.18. The largest absolute Gasteiger partial charge is 0.439 e. The van der Waals surface area contributed by atoms with Crippen molar-refractivity contribution < 1.29 is 38.5 Å². The van der Waals surface area contributed by atoms with E-state index in [0.717, 1.165) is 6.08 Å². The van der Waals surface area contributed by atoms with Crippen molar-refractivity contribution in [2.45, 2.75) is 65.0 Å². The number of nitrogens with one attached hydrogen (secondary N) is 2. The number of allylic oxidation sites excluding steroid dienone is 4. The van der Waals surface area contributed by atoms with Gasteiger partial charge in [0.1, 0.15) is 6.10 Å². The standard InChI is InChI=1S/C32H48N4O8/c1-18-14-22-27(34-12-13-36(5)6)24(37)17-23(29(22)39)35-31(40)19(2)10-9-11-25(42-7)30(44-32(33)41)21(4)16-20(3)28(38)26(15-18)43-8/h9-11,16-18,20,25-26,28,30,34,38H,12-15H2,1-8H3,(H2,33,41)(H,35,40)/b11-9+,19-10+,21-16-/t18-,20-,25+,26+,28-,30-/m0/s1. The van der Waals surface area contributed by atoms with Gasteiger partial charge in [-0.05, 0) is 52.3 Å². The minimum Gasteiger partial charge on any atom is -0.439 e. The SMILES string of the molecule is CO[C@@H]1/C=C/C=C(\C)C(=O)NC2=CC(=O)C(NCCN(C)C)=C(C[C@H](C)C[C@@H](OC)[C@@H](O)[C@@H](C)/C=C(/C)[C@@H]1OC(N)=O)C2=O. The summed E-state index contributed by atoms with van der Waals surface area (Å²) in [4.78, 5) is 53.7. The minimum absolute atomic E-state index is 0.114. The van der Waals surface area contributed by atoms with Crippen LogP contribution in [-0.4, -0.2) is 99.4 Å². The molecule has 2 rings (SSSR count). The van der Waals surface area contributed by atoms with Crippen LogP contribution in [0.5, 0.6) is 0 Å². The van der Waals surface area contributed by atoms with E-state index < -0.39 is 53.9 Å². The Morgan fingerprint density at radius 3 is 2.43 bits per heavy atom. The first-order valence-electron chi connectivity index (χ1n) is 14.7. The fraction of sp³-hybridized carbons (Fsp3) is 0.562. The van der Waals surface area contributed by atoms with Crippen LogP contribution in [0.2, 0.25) is 0 Å². The molecule has 12 heteroatoms. The Bertz CT molecular complexity index is 1230. The van der Waals surface area contributed by atoms with Gasteiger partial charge in [0.2, 0.25) is 11.6 Å². The highest BCUT2D eigenvalue weighted by Crippen LogP contribution is 2.28. The molecule has 5 N–H and O–H groups in total. The lowest BCUT2D eigenvalue weighted by atomic mass is 9.85. The van der Waals surface area contributed by atoms with E-state index in [0.29, 0.717) is 25.1 Å². The molecule has 2 amide bonds.